The normalized spacial score (nSPS) is 13.5. The summed E-state index contributed by atoms with van der Waals surface area (Å²) < 4.78 is 19.8. The van der Waals surface area contributed by atoms with Gasteiger partial charge in [-0.25, -0.2) is 9.67 Å². The van der Waals surface area contributed by atoms with Gasteiger partial charge in [-0.3, -0.25) is 9.59 Å². The first-order chi connectivity index (χ1) is 16.2. The number of hydrogen-bond donors (Lipinski definition) is 1. The number of aryl methyl sites for hydroxylation is 1. The number of hydrogen-bond acceptors (Lipinski definition) is 7. The minimum atomic E-state index is -0.765. The molecule has 4 aromatic rings. The van der Waals surface area contributed by atoms with Gasteiger partial charge in [-0.1, -0.05) is 11.6 Å². The quantitative estimate of drug-likeness (QED) is 0.429. The summed E-state index contributed by atoms with van der Waals surface area (Å²) >= 11 is 5.91. The van der Waals surface area contributed by atoms with E-state index in [-0.39, 0.29) is 22.0 Å². The number of primary amides is 1. The highest BCUT2D eigenvalue weighted by molar-refractivity contribution is 6.29. The number of carbonyl (C=O) groups excluding carboxylic acids is 1. The van der Waals surface area contributed by atoms with E-state index in [0.29, 0.717) is 52.5 Å². The standard InChI is InChI=1S/C24H21ClN4O5/c1-11-8-14(13(3)33-17-4-5-18(25)28-19(17)23(26)31)22-15(9-11)20(30)12(2)21(34-22)16-10-27-29-6-7-32-24(16)29/h4-5,8-10,13H,6-7H2,1-3H3,(H2,26,31)/t13-/m1/s1. The largest absolute Gasteiger partial charge is 0.483 e. The van der Waals surface area contributed by atoms with Crippen LogP contribution in [-0.4, -0.2) is 27.3 Å². The van der Waals surface area contributed by atoms with Crippen LogP contribution in [0.15, 0.2) is 39.7 Å². The van der Waals surface area contributed by atoms with Crippen molar-refractivity contribution < 1.29 is 18.7 Å². The summed E-state index contributed by atoms with van der Waals surface area (Å²) in [5, 5.41) is 4.88. The minimum absolute atomic E-state index is 0.0816. The molecule has 0 saturated heterocycles. The summed E-state index contributed by atoms with van der Waals surface area (Å²) in [4.78, 5) is 29.2. The summed E-state index contributed by atoms with van der Waals surface area (Å²) in [6.45, 7) is 6.54. The Balaban J connectivity index is 1.66. The zero-order chi connectivity index (χ0) is 24.1. The van der Waals surface area contributed by atoms with E-state index in [1.165, 1.54) is 12.1 Å². The number of carbonyl (C=O) groups is 1. The maximum atomic E-state index is 13.4. The predicted molar refractivity (Wildman–Crippen MR) is 125 cm³/mol. The number of pyridine rings is 1. The van der Waals surface area contributed by atoms with Crippen LogP contribution >= 0.6 is 11.6 Å². The molecule has 174 valence electrons. The highest BCUT2D eigenvalue weighted by Crippen LogP contribution is 2.37. The van der Waals surface area contributed by atoms with Crippen LogP contribution in [0.25, 0.3) is 22.3 Å². The van der Waals surface area contributed by atoms with Crippen LogP contribution in [0.5, 0.6) is 11.6 Å². The van der Waals surface area contributed by atoms with Gasteiger partial charge < -0.3 is 19.6 Å². The first-order valence-electron chi connectivity index (χ1n) is 10.6. The van der Waals surface area contributed by atoms with Gasteiger partial charge in [0.2, 0.25) is 5.88 Å². The Kier molecular flexibility index (Phi) is 5.28. The lowest BCUT2D eigenvalue weighted by molar-refractivity contribution is 0.0988. The number of benzene rings is 1. The van der Waals surface area contributed by atoms with Gasteiger partial charge >= 0.3 is 0 Å². The molecule has 0 unspecified atom stereocenters. The van der Waals surface area contributed by atoms with Gasteiger partial charge in [0, 0.05) is 11.1 Å². The zero-order valence-electron chi connectivity index (χ0n) is 18.7. The Hall–Kier alpha value is -3.85. The van der Waals surface area contributed by atoms with Crippen molar-refractivity contribution in [2.24, 2.45) is 5.73 Å². The van der Waals surface area contributed by atoms with Crippen molar-refractivity contribution >= 4 is 28.5 Å². The van der Waals surface area contributed by atoms with Crippen LogP contribution in [0, 0.1) is 13.8 Å². The third-order valence-corrected chi connectivity index (χ3v) is 5.98. The Morgan fingerprint density at radius 1 is 1.29 bits per heavy atom. The van der Waals surface area contributed by atoms with Crippen molar-refractivity contribution in [3.05, 3.63) is 68.2 Å². The van der Waals surface area contributed by atoms with Crippen LogP contribution < -0.4 is 20.6 Å². The number of amides is 1. The molecular formula is C24H21ClN4O5. The fourth-order valence-corrected chi connectivity index (χ4v) is 4.29. The highest BCUT2D eigenvalue weighted by atomic mass is 35.5. The monoisotopic (exact) mass is 480 g/mol. The van der Waals surface area contributed by atoms with E-state index in [2.05, 4.69) is 10.1 Å². The third kappa shape index (κ3) is 3.58. The van der Waals surface area contributed by atoms with Crippen molar-refractivity contribution in [2.45, 2.75) is 33.4 Å². The molecule has 2 N–H and O–H groups in total. The number of nitrogens with two attached hydrogens (primary N) is 1. The Morgan fingerprint density at radius 3 is 2.85 bits per heavy atom. The Bertz CT molecular complexity index is 1520. The third-order valence-electron chi connectivity index (χ3n) is 5.77. The van der Waals surface area contributed by atoms with Crippen molar-refractivity contribution in [3.63, 3.8) is 0 Å². The average molecular weight is 481 g/mol. The Labute approximate surface area is 199 Å². The molecule has 0 spiro atoms. The van der Waals surface area contributed by atoms with E-state index >= 15 is 0 Å². The Morgan fingerprint density at radius 2 is 2.09 bits per heavy atom. The summed E-state index contributed by atoms with van der Waals surface area (Å²) in [6, 6.07) is 6.70. The van der Waals surface area contributed by atoms with Gasteiger partial charge in [-0.15, -0.1) is 0 Å². The van der Waals surface area contributed by atoms with Gasteiger partial charge in [0.15, 0.2) is 16.9 Å². The molecule has 4 heterocycles. The van der Waals surface area contributed by atoms with Crippen molar-refractivity contribution in [1.29, 1.82) is 0 Å². The second-order valence-electron chi connectivity index (χ2n) is 8.16. The summed E-state index contributed by atoms with van der Waals surface area (Å²) in [5.41, 5.74) is 8.15. The minimum Gasteiger partial charge on any atom is -0.483 e. The number of aromatic nitrogens is 3. The lowest BCUT2D eigenvalue weighted by Gasteiger charge is -2.19. The first kappa shape index (κ1) is 22.0. The molecule has 0 radical (unpaired) electrons. The topological polar surface area (TPSA) is 122 Å². The van der Waals surface area contributed by atoms with E-state index < -0.39 is 12.0 Å². The number of halogens is 1. The average Bonchev–Trinajstić information content (AvgIpc) is 3.41. The van der Waals surface area contributed by atoms with Gasteiger partial charge in [-0.05, 0) is 50.6 Å². The van der Waals surface area contributed by atoms with E-state index in [0.717, 1.165) is 5.56 Å². The fourth-order valence-electron chi connectivity index (χ4n) is 4.14. The molecule has 5 rings (SSSR count). The lowest BCUT2D eigenvalue weighted by atomic mass is 10.0. The molecule has 0 saturated carbocycles. The van der Waals surface area contributed by atoms with Crippen molar-refractivity contribution in [2.75, 3.05) is 6.61 Å². The second kappa shape index (κ2) is 8.18. The van der Waals surface area contributed by atoms with E-state index in [1.54, 1.807) is 30.8 Å². The molecule has 0 aliphatic carbocycles. The smallest absolute Gasteiger partial charge is 0.271 e. The molecule has 0 bridgehead atoms. The molecule has 1 aromatic carbocycles. The molecule has 1 aliphatic rings. The van der Waals surface area contributed by atoms with Gasteiger partial charge in [-0.2, -0.15) is 5.10 Å². The van der Waals surface area contributed by atoms with E-state index in [4.69, 9.17) is 31.2 Å². The molecule has 3 aromatic heterocycles. The second-order valence-corrected chi connectivity index (χ2v) is 8.54. The SMILES string of the molecule is Cc1cc([C@@H](C)Oc2ccc(Cl)nc2C(N)=O)c2oc(-c3cnn4c3OCC4)c(C)c(=O)c2c1. The number of ether oxygens (including phenoxy) is 2. The maximum Gasteiger partial charge on any atom is 0.271 e. The summed E-state index contributed by atoms with van der Waals surface area (Å²) in [7, 11) is 0. The van der Waals surface area contributed by atoms with Gasteiger partial charge in [0.25, 0.3) is 5.91 Å². The van der Waals surface area contributed by atoms with E-state index in [1.807, 2.05) is 13.0 Å². The number of rotatable bonds is 5. The summed E-state index contributed by atoms with van der Waals surface area (Å²) in [5.74, 6) is 0.376. The molecule has 1 amide bonds. The van der Waals surface area contributed by atoms with Crippen molar-refractivity contribution in [1.82, 2.24) is 14.8 Å². The molecule has 1 atom stereocenters. The van der Waals surface area contributed by atoms with E-state index in [9.17, 15) is 9.59 Å². The van der Waals surface area contributed by atoms with Gasteiger partial charge in [0.1, 0.15) is 29.2 Å². The number of nitrogens with zero attached hydrogens (tertiary/aromatic N) is 3. The van der Waals surface area contributed by atoms with Crippen LogP contribution in [-0.2, 0) is 6.54 Å². The number of fused-ring (bicyclic) bond motifs is 2. The fraction of sp³-hybridized carbons (Fsp3) is 0.250. The highest BCUT2D eigenvalue weighted by Gasteiger charge is 2.26. The first-order valence-corrected chi connectivity index (χ1v) is 11.0. The molecule has 10 heteroatoms. The molecule has 34 heavy (non-hydrogen) atoms. The van der Waals surface area contributed by atoms with Gasteiger partial charge in [0.05, 0.1) is 23.7 Å². The molecule has 1 aliphatic heterocycles. The van der Waals surface area contributed by atoms with Crippen LogP contribution in [0.3, 0.4) is 0 Å². The molecule has 9 nitrogen and oxygen atoms in total. The zero-order valence-corrected chi connectivity index (χ0v) is 19.5. The van der Waals surface area contributed by atoms with Crippen LogP contribution in [0.4, 0.5) is 0 Å². The molecular weight excluding hydrogens is 460 g/mol. The van der Waals surface area contributed by atoms with Crippen LogP contribution in [0.2, 0.25) is 5.15 Å². The van der Waals surface area contributed by atoms with Crippen molar-refractivity contribution in [3.8, 4) is 23.0 Å². The maximum absolute atomic E-state index is 13.4. The lowest BCUT2D eigenvalue weighted by Crippen LogP contribution is -2.17. The summed E-state index contributed by atoms with van der Waals surface area (Å²) in [6.07, 6.45) is 1.02. The predicted octanol–water partition coefficient (Wildman–Crippen LogP) is 3.95. The van der Waals surface area contributed by atoms with Crippen LogP contribution in [0.1, 0.15) is 40.2 Å². The molecule has 0 fully saturated rings.